The molecule has 4 rings (SSSR count). The van der Waals surface area contributed by atoms with Gasteiger partial charge in [0.2, 0.25) is 5.91 Å². The Hall–Kier alpha value is -3.61. The highest BCUT2D eigenvalue weighted by Crippen LogP contribution is 2.35. The highest BCUT2D eigenvalue weighted by atomic mass is 32.2. The molecular weight excluding hydrogens is 479 g/mol. The number of carbonyl (C=O) groups excluding carboxylic acids is 1. The van der Waals surface area contributed by atoms with Crippen LogP contribution < -0.4 is 5.32 Å². The third-order valence-electron chi connectivity index (χ3n) is 4.77. The van der Waals surface area contributed by atoms with Crippen LogP contribution in [0, 0.1) is 11.3 Å². The Morgan fingerprint density at radius 2 is 1.85 bits per heavy atom. The summed E-state index contributed by atoms with van der Waals surface area (Å²) >= 11 is 2.57. The van der Waals surface area contributed by atoms with Gasteiger partial charge in [0.15, 0.2) is 0 Å². The van der Waals surface area contributed by atoms with E-state index in [0.717, 1.165) is 34.3 Å². The fraction of sp³-hybridized carbons (Fsp3) is 0.0800. The Morgan fingerprint density at radius 3 is 2.53 bits per heavy atom. The van der Waals surface area contributed by atoms with E-state index in [-0.39, 0.29) is 11.4 Å². The largest absolute Gasteiger partial charge is 0.416 e. The summed E-state index contributed by atoms with van der Waals surface area (Å²) in [5.74, 6) is -0.627. The van der Waals surface area contributed by atoms with Gasteiger partial charge in [-0.05, 0) is 41.3 Å². The summed E-state index contributed by atoms with van der Waals surface area (Å²) in [4.78, 5) is 18.0. The summed E-state index contributed by atoms with van der Waals surface area (Å²) in [6.45, 7) is 0. The molecule has 0 saturated carbocycles. The Balaban J connectivity index is 1.61. The van der Waals surface area contributed by atoms with Crippen LogP contribution in [0.2, 0.25) is 0 Å². The number of hydrogen-bond donors (Lipinski definition) is 1. The van der Waals surface area contributed by atoms with E-state index in [2.05, 4.69) is 16.4 Å². The predicted molar refractivity (Wildman–Crippen MR) is 128 cm³/mol. The van der Waals surface area contributed by atoms with Gasteiger partial charge in [0.1, 0.15) is 11.1 Å². The van der Waals surface area contributed by atoms with E-state index in [1.165, 1.54) is 23.5 Å². The molecule has 4 nitrogen and oxygen atoms in total. The number of thiophene rings is 1. The number of benzene rings is 2. The first-order chi connectivity index (χ1) is 16.3. The SMILES string of the molecule is N#Cc1c(-c2ccccc2)cc(-c2cccs2)nc1SCC(=O)Nc1cccc(C(F)(F)F)c1. The molecule has 0 spiro atoms. The molecule has 0 bridgehead atoms. The van der Waals surface area contributed by atoms with E-state index in [4.69, 9.17) is 0 Å². The van der Waals surface area contributed by atoms with Gasteiger partial charge >= 0.3 is 6.18 Å². The second-order valence-corrected chi connectivity index (χ2v) is 9.02. The van der Waals surface area contributed by atoms with E-state index >= 15 is 0 Å². The lowest BCUT2D eigenvalue weighted by Gasteiger charge is -2.12. The van der Waals surface area contributed by atoms with Crippen LogP contribution in [0.1, 0.15) is 11.1 Å². The number of nitrogens with one attached hydrogen (secondary N) is 1. The lowest BCUT2D eigenvalue weighted by Crippen LogP contribution is -2.15. The van der Waals surface area contributed by atoms with Gasteiger partial charge in [-0.3, -0.25) is 4.79 Å². The molecule has 0 aliphatic heterocycles. The molecule has 0 aliphatic carbocycles. The zero-order valence-corrected chi connectivity index (χ0v) is 19.1. The molecule has 0 saturated heterocycles. The third-order valence-corrected chi connectivity index (χ3v) is 6.64. The van der Waals surface area contributed by atoms with Crippen LogP contribution in [-0.4, -0.2) is 16.6 Å². The normalized spacial score (nSPS) is 11.1. The Bertz CT molecular complexity index is 1350. The van der Waals surface area contributed by atoms with Gasteiger partial charge in [0, 0.05) is 11.3 Å². The van der Waals surface area contributed by atoms with E-state index in [1.54, 1.807) is 0 Å². The summed E-state index contributed by atoms with van der Waals surface area (Å²) < 4.78 is 38.8. The van der Waals surface area contributed by atoms with Crippen LogP contribution in [0.3, 0.4) is 0 Å². The van der Waals surface area contributed by atoms with Crippen molar-refractivity contribution < 1.29 is 18.0 Å². The summed E-state index contributed by atoms with van der Waals surface area (Å²) in [6.07, 6.45) is -4.50. The molecule has 34 heavy (non-hydrogen) atoms. The third kappa shape index (κ3) is 5.47. The molecule has 2 aromatic heterocycles. The summed E-state index contributed by atoms with van der Waals surface area (Å²) in [5, 5.41) is 14.7. The van der Waals surface area contributed by atoms with Crippen LogP contribution in [0.25, 0.3) is 21.7 Å². The minimum Gasteiger partial charge on any atom is -0.325 e. The first-order valence-corrected chi connectivity index (χ1v) is 11.9. The van der Waals surface area contributed by atoms with Crippen molar-refractivity contribution in [1.82, 2.24) is 4.98 Å². The van der Waals surface area contributed by atoms with Gasteiger partial charge in [-0.25, -0.2) is 4.98 Å². The average molecular weight is 496 g/mol. The van der Waals surface area contributed by atoms with Gasteiger partial charge < -0.3 is 5.32 Å². The van der Waals surface area contributed by atoms with Crippen LogP contribution in [0.15, 0.2) is 83.2 Å². The molecule has 1 amide bonds. The fourth-order valence-electron chi connectivity index (χ4n) is 3.23. The van der Waals surface area contributed by atoms with Crippen LogP contribution in [0.5, 0.6) is 0 Å². The highest BCUT2D eigenvalue weighted by molar-refractivity contribution is 8.00. The monoisotopic (exact) mass is 495 g/mol. The molecule has 0 aliphatic rings. The molecule has 2 heterocycles. The van der Waals surface area contributed by atoms with Gasteiger partial charge in [-0.2, -0.15) is 18.4 Å². The van der Waals surface area contributed by atoms with Crippen molar-refractivity contribution in [3.05, 3.63) is 89.3 Å². The van der Waals surface area contributed by atoms with Crippen molar-refractivity contribution in [3.8, 4) is 27.8 Å². The van der Waals surface area contributed by atoms with Crippen LogP contribution in [0.4, 0.5) is 18.9 Å². The number of nitrogens with zero attached hydrogens (tertiary/aromatic N) is 2. The van der Waals surface area contributed by atoms with Crippen molar-refractivity contribution in [1.29, 1.82) is 5.26 Å². The maximum Gasteiger partial charge on any atom is 0.416 e. The molecule has 0 radical (unpaired) electrons. The second-order valence-electron chi connectivity index (χ2n) is 7.11. The predicted octanol–water partition coefficient (Wildman–Crippen LogP) is 7.10. The Kier molecular flexibility index (Phi) is 7.01. The summed E-state index contributed by atoms with van der Waals surface area (Å²) in [6, 6.07) is 21.7. The number of aromatic nitrogens is 1. The number of amides is 1. The number of alkyl halides is 3. The zero-order valence-electron chi connectivity index (χ0n) is 17.5. The molecule has 170 valence electrons. The van der Waals surface area contributed by atoms with Crippen molar-refractivity contribution in [2.24, 2.45) is 0 Å². The van der Waals surface area contributed by atoms with E-state index in [9.17, 15) is 23.2 Å². The van der Waals surface area contributed by atoms with Gasteiger partial charge in [0.25, 0.3) is 0 Å². The molecule has 1 N–H and O–H groups in total. The van der Waals surface area contributed by atoms with E-state index in [0.29, 0.717) is 21.8 Å². The molecule has 2 aromatic carbocycles. The zero-order chi connectivity index (χ0) is 24.1. The minimum atomic E-state index is -4.50. The molecular formula is C25H16F3N3OS2. The fourth-order valence-corrected chi connectivity index (χ4v) is 4.72. The molecule has 0 fully saturated rings. The molecule has 0 unspecified atom stereocenters. The van der Waals surface area contributed by atoms with Crippen molar-refractivity contribution >= 4 is 34.7 Å². The number of anilines is 1. The van der Waals surface area contributed by atoms with E-state index < -0.39 is 17.6 Å². The molecule has 0 atom stereocenters. The second kappa shape index (κ2) is 10.1. The number of pyridine rings is 1. The number of halogens is 3. The van der Waals surface area contributed by atoms with E-state index in [1.807, 2.05) is 53.9 Å². The number of rotatable bonds is 6. The molecule has 4 aromatic rings. The number of hydrogen-bond acceptors (Lipinski definition) is 5. The Morgan fingerprint density at radius 1 is 1.06 bits per heavy atom. The number of nitriles is 1. The van der Waals surface area contributed by atoms with Crippen molar-refractivity contribution in [3.63, 3.8) is 0 Å². The molecule has 9 heteroatoms. The smallest absolute Gasteiger partial charge is 0.325 e. The van der Waals surface area contributed by atoms with Crippen LogP contribution in [-0.2, 0) is 11.0 Å². The highest BCUT2D eigenvalue weighted by Gasteiger charge is 2.30. The lowest BCUT2D eigenvalue weighted by molar-refractivity contribution is -0.137. The topological polar surface area (TPSA) is 65.8 Å². The van der Waals surface area contributed by atoms with Crippen molar-refractivity contribution in [2.75, 3.05) is 11.1 Å². The standard InChI is InChI=1S/C25H16F3N3OS2/c26-25(27,28)17-8-4-9-18(12-17)30-23(32)15-34-24-20(14-29)19(16-6-2-1-3-7-16)13-21(31-24)22-10-5-11-33-22/h1-13H,15H2,(H,30,32). The summed E-state index contributed by atoms with van der Waals surface area (Å²) in [5.41, 5.74) is 1.75. The first-order valence-electron chi connectivity index (χ1n) is 9.99. The maximum absolute atomic E-state index is 12.9. The van der Waals surface area contributed by atoms with Crippen molar-refractivity contribution in [2.45, 2.75) is 11.2 Å². The van der Waals surface area contributed by atoms with Gasteiger partial charge in [0.05, 0.1) is 27.5 Å². The summed E-state index contributed by atoms with van der Waals surface area (Å²) in [7, 11) is 0. The Labute approximate surface area is 202 Å². The number of thioether (sulfide) groups is 1. The average Bonchev–Trinajstić information content (AvgIpc) is 3.37. The number of carbonyl (C=O) groups is 1. The minimum absolute atomic E-state index is 0.0474. The first kappa shape index (κ1) is 23.5. The lowest BCUT2D eigenvalue weighted by atomic mass is 10.0. The van der Waals surface area contributed by atoms with Gasteiger partial charge in [-0.1, -0.05) is 54.2 Å². The van der Waals surface area contributed by atoms with Gasteiger partial charge in [-0.15, -0.1) is 11.3 Å². The quantitative estimate of drug-likeness (QED) is 0.290. The van der Waals surface area contributed by atoms with Crippen LogP contribution >= 0.6 is 23.1 Å². The maximum atomic E-state index is 12.9.